The molecule has 0 amide bonds. The van der Waals surface area contributed by atoms with Crippen molar-refractivity contribution in [2.24, 2.45) is 0 Å². The molecule has 5 heteroatoms. The first-order valence-corrected chi connectivity index (χ1v) is 11.6. The molecule has 0 radical (unpaired) electrons. The van der Waals surface area contributed by atoms with E-state index in [1.807, 2.05) is 6.07 Å². The Labute approximate surface area is 148 Å². The first kappa shape index (κ1) is 18.4. The summed E-state index contributed by atoms with van der Waals surface area (Å²) in [5.41, 5.74) is 3.47. The van der Waals surface area contributed by atoms with E-state index < -0.39 is 10.1 Å². The number of benzene rings is 1. The highest BCUT2D eigenvalue weighted by Gasteiger charge is 2.31. The lowest BCUT2D eigenvalue weighted by Crippen LogP contribution is -2.18. The Hall–Kier alpha value is -0.440. The average molecular weight is 368 g/mol. The van der Waals surface area contributed by atoms with Gasteiger partial charge in [0.25, 0.3) is 10.1 Å². The molecule has 0 saturated heterocycles. The van der Waals surface area contributed by atoms with Crippen LogP contribution >= 0.6 is 9.24 Å². The van der Waals surface area contributed by atoms with Gasteiger partial charge in [-0.3, -0.25) is 4.55 Å². The summed E-state index contributed by atoms with van der Waals surface area (Å²) in [4.78, 5) is 0.178. The first-order chi connectivity index (χ1) is 11.5. The van der Waals surface area contributed by atoms with E-state index >= 15 is 0 Å². The minimum atomic E-state index is -4.18. The molecule has 3 nitrogen and oxygen atoms in total. The monoisotopic (exact) mass is 368 g/mol. The van der Waals surface area contributed by atoms with E-state index in [1.54, 1.807) is 6.07 Å². The van der Waals surface area contributed by atoms with E-state index in [1.165, 1.54) is 36.8 Å². The third-order valence-corrected chi connectivity index (χ3v) is 7.21. The van der Waals surface area contributed by atoms with Gasteiger partial charge in [0.15, 0.2) is 0 Å². The summed E-state index contributed by atoms with van der Waals surface area (Å²) in [7, 11) is -1.38. The number of hydrogen-bond acceptors (Lipinski definition) is 2. The van der Waals surface area contributed by atoms with E-state index in [0.29, 0.717) is 5.92 Å². The topological polar surface area (TPSA) is 54.4 Å². The van der Waals surface area contributed by atoms with E-state index in [4.69, 9.17) is 0 Å². The normalized spacial score (nSPS) is 21.1. The zero-order valence-electron chi connectivity index (χ0n) is 14.3. The summed E-state index contributed by atoms with van der Waals surface area (Å²) in [6.07, 6.45) is 12.5. The van der Waals surface area contributed by atoms with Crippen LogP contribution < -0.4 is 0 Å². The summed E-state index contributed by atoms with van der Waals surface area (Å²) >= 11 is 0. The Balaban J connectivity index is 2.18. The van der Waals surface area contributed by atoms with Gasteiger partial charge in [0.2, 0.25) is 0 Å². The fourth-order valence-corrected chi connectivity index (χ4v) is 5.90. The summed E-state index contributed by atoms with van der Waals surface area (Å²) in [5, 5.41) is 0. The van der Waals surface area contributed by atoms with Crippen molar-refractivity contribution in [2.45, 2.75) is 87.1 Å². The molecule has 1 aromatic carbocycles. The van der Waals surface area contributed by atoms with Crippen LogP contribution in [-0.2, 0) is 16.3 Å². The molecule has 0 aliphatic heterocycles. The Morgan fingerprint density at radius 3 is 1.83 bits per heavy atom. The zero-order chi connectivity index (χ0) is 17.2. The van der Waals surface area contributed by atoms with Gasteiger partial charge in [0.1, 0.15) is 0 Å². The van der Waals surface area contributed by atoms with Gasteiger partial charge >= 0.3 is 0 Å². The second-order valence-electron chi connectivity index (χ2n) is 7.40. The standard InChI is InChI=1S/C19H29O3PS/c20-24(21,22)17-12-11-16(13-23)18(14-7-3-1-4-8-14)19(17)15-9-5-2-6-10-15/h11-12,14-15H,1-10,13,23H2,(H,20,21,22). The first-order valence-electron chi connectivity index (χ1n) is 9.35. The van der Waals surface area contributed by atoms with E-state index in [9.17, 15) is 13.0 Å². The third kappa shape index (κ3) is 3.86. The minimum Gasteiger partial charge on any atom is -0.282 e. The van der Waals surface area contributed by atoms with Gasteiger partial charge in [-0.05, 0) is 66.4 Å². The maximum absolute atomic E-state index is 12.1. The fraction of sp³-hybridized carbons (Fsp3) is 0.684. The molecule has 0 spiro atoms. The highest BCUT2D eigenvalue weighted by Crippen LogP contribution is 2.45. The Bertz CT molecular complexity index is 672. The van der Waals surface area contributed by atoms with Crippen molar-refractivity contribution >= 4 is 19.4 Å². The van der Waals surface area contributed by atoms with E-state index in [2.05, 4.69) is 9.24 Å². The maximum atomic E-state index is 12.1. The van der Waals surface area contributed by atoms with Crippen LogP contribution in [0.2, 0.25) is 0 Å². The van der Waals surface area contributed by atoms with Gasteiger partial charge < -0.3 is 0 Å². The van der Waals surface area contributed by atoms with Gasteiger partial charge in [-0.25, -0.2) is 0 Å². The molecular formula is C19H29O3PS. The summed E-state index contributed by atoms with van der Waals surface area (Å²) in [5.74, 6) is 0.733. The largest absolute Gasteiger partial charge is 0.294 e. The van der Waals surface area contributed by atoms with Gasteiger partial charge in [0.05, 0.1) is 4.90 Å². The Kier molecular flexibility index (Phi) is 6.00. The molecule has 134 valence electrons. The zero-order valence-corrected chi connectivity index (χ0v) is 16.3. The molecule has 0 heterocycles. The highest BCUT2D eigenvalue weighted by molar-refractivity contribution is 7.85. The number of rotatable bonds is 4. The van der Waals surface area contributed by atoms with E-state index in [-0.39, 0.29) is 10.8 Å². The van der Waals surface area contributed by atoms with Crippen molar-refractivity contribution in [3.8, 4) is 0 Å². The van der Waals surface area contributed by atoms with Crippen LogP contribution in [-0.4, -0.2) is 13.0 Å². The quantitative estimate of drug-likeness (QED) is 0.571. The molecule has 1 atom stereocenters. The second-order valence-corrected chi connectivity index (χ2v) is 9.20. The molecule has 2 saturated carbocycles. The average Bonchev–Trinajstić information content (AvgIpc) is 2.61. The third-order valence-electron chi connectivity index (χ3n) is 5.86. The molecule has 0 aromatic heterocycles. The maximum Gasteiger partial charge on any atom is 0.294 e. The van der Waals surface area contributed by atoms with Gasteiger partial charge in [0, 0.05) is 0 Å². The molecule has 1 N–H and O–H groups in total. The molecular weight excluding hydrogens is 339 g/mol. The van der Waals surface area contributed by atoms with Gasteiger partial charge in [-0.15, -0.1) is 9.24 Å². The van der Waals surface area contributed by atoms with Crippen molar-refractivity contribution < 1.29 is 13.0 Å². The predicted molar refractivity (Wildman–Crippen MR) is 101 cm³/mol. The predicted octanol–water partition coefficient (Wildman–Crippen LogP) is 5.40. The van der Waals surface area contributed by atoms with Crippen molar-refractivity contribution in [3.05, 3.63) is 28.8 Å². The Morgan fingerprint density at radius 1 is 0.875 bits per heavy atom. The van der Waals surface area contributed by atoms with Crippen LogP contribution in [0.4, 0.5) is 0 Å². The molecule has 24 heavy (non-hydrogen) atoms. The minimum absolute atomic E-state index is 0.178. The van der Waals surface area contributed by atoms with Crippen molar-refractivity contribution in [1.29, 1.82) is 0 Å². The molecule has 2 aliphatic carbocycles. The second kappa shape index (κ2) is 7.85. The fourth-order valence-electron chi connectivity index (χ4n) is 4.75. The van der Waals surface area contributed by atoms with Crippen molar-refractivity contribution in [1.82, 2.24) is 0 Å². The van der Waals surface area contributed by atoms with E-state index in [0.717, 1.165) is 50.3 Å². The van der Waals surface area contributed by atoms with Crippen LogP contribution in [0.25, 0.3) is 0 Å². The molecule has 1 unspecified atom stereocenters. The van der Waals surface area contributed by atoms with Crippen LogP contribution in [0.1, 0.15) is 92.7 Å². The molecule has 2 fully saturated rings. The van der Waals surface area contributed by atoms with Gasteiger partial charge in [-0.1, -0.05) is 44.6 Å². The number of hydrogen-bond donors (Lipinski definition) is 1. The summed E-state index contributed by atoms with van der Waals surface area (Å²) < 4.78 is 34.0. The van der Waals surface area contributed by atoms with Crippen LogP contribution in [0, 0.1) is 0 Å². The summed E-state index contributed by atoms with van der Waals surface area (Å²) in [6.45, 7) is 0. The lowest BCUT2D eigenvalue weighted by molar-refractivity contribution is 0.410. The highest BCUT2D eigenvalue weighted by atomic mass is 32.2. The van der Waals surface area contributed by atoms with Crippen molar-refractivity contribution in [2.75, 3.05) is 0 Å². The van der Waals surface area contributed by atoms with Crippen LogP contribution in [0.5, 0.6) is 0 Å². The van der Waals surface area contributed by atoms with Crippen LogP contribution in [0.15, 0.2) is 17.0 Å². The lowest BCUT2D eigenvalue weighted by atomic mass is 9.74. The van der Waals surface area contributed by atoms with Crippen molar-refractivity contribution in [3.63, 3.8) is 0 Å². The molecule has 1 aromatic rings. The summed E-state index contributed by atoms with van der Waals surface area (Å²) in [6, 6.07) is 3.57. The lowest BCUT2D eigenvalue weighted by Gasteiger charge is -2.32. The smallest absolute Gasteiger partial charge is 0.282 e. The SMILES string of the molecule is O=S(=O)(O)c1ccc(CP)c(C2CCCCC2)c1C1CCCCC1. The molecule has 2 aliphatic rings. The Morgan fingerprint density at radius 2 is 1.38 bits per heavy atom. The van der Waals surface area contributed by atoms with Gasteiger partial charge in [-0.2, -0.15) is 8.42 Å². The molecule has 3 rings (SSSR count). The van der Waals surface area contributed by atoms with Crippen LogP contribution in [0.3, 0.4) is 0 Å². The molecule has 0 bridgehead atoms.